The van der Waals surface area contributed by atoms with Gasteiger partial charge in [-0.15, -0.1) is 0 Å². The zero-order valence-corrected chi connectivity index (χ0v) is 9.97. The van der Waals surface area contributed by atoms with Crippen LogP contribution < -0.4 is 0 Å². The molecule has 1 aromatic carbocycles. The van der Waals surface area contributed by atoms with Gasteiger partial charge in [0.25, 0.3) is 0 Å². The Labute approximate surface area is 104 Å². The molecule has 0 saturated carbocycles. The molecule has 0 radical (unpaired) electrons. The third kappa shape index (κ3) is 1.57. The highest BCUT2D eigenvalue weighted by molar-refractivity contribution is 5.95. The third-order valence-corrected chi connectivity index (χ3v) is 3.22. The lowest BCUT2D eigenvalue weighted by Gasteiger charge is -2.20. The summed E-state index contributed by atoms with van der Waals surface area (Å²) in [6, 6.07) is 7.86. The van der Waals surface area contributed by atoms with Gasteiger partial charge in [-0.25, -0.2) is 14.8 Å². The van der Waals surface area contributed by atoms with E-state index in [1.54, 1.807) is 6.92 Å². The second-order valence-electron chi connectivity index (χ2n) is 4.40. The average molecular weight is 240 g/mol. The van der Waals surface area contributed by atoms with E-state index in [4.69, 9.17) is 0 Å². The first-order valence-corrected chi connectivity index (χ1v) is 5.86. The SMILES string of the molecule is Cc1nc2c(c(C(=O)O)n1)-c1ccccc1CC2. The fourth-order valence-electron chi connectivity index (χ4n) is 2.48. The van der Waals surface area contributed by atoms with Gasteiger partial charge in [-0.3, -0.25) is 0 Å². The maximum atomic E-state index is 11.3. The quantitative estimate of drug-likeness (QED) is 0.830. The van der Waals surface area contributed by atoms with Crippen molar-refractivity contribution in [1.82, 2.24) is 9.97 Å². The van der Waals surface area contributed by atoms with Crippen LogP contribution in [0, 0.1) is 6.92 Å². The van der Waals surface area contributed by atoms with Crippen LogP contribution in [-0.4, -0.2) is 21.0 Å². The first kappa shape index (κ1) is 10.9. The molecular weight excluding hydrogens is 228 g/mol. The molecule has 1 aliphatic carbocycles. The van der Waals surface area contributed by atoms with E-state index >= 15 is 0 Å². The molecule has 2 aromatic rings. The molecule has 0 atom stereocenters. The number of hydrogen-bond donors (Lipinski definition) is 1. The number of carbonyl (C=O) groups is 1. The van der Waals surface area contributed by atoms with Crippen molar-refractivity contribution in [2.24, 2.45) is 0 Å². The summed E-state index contributed by atoms with van der Waals surface area (Å²) in [7, 11) is 0. The van der Waals surface area contributed by atoms with Crippen LogP contribution in [-0.2, 0) is 12.8 Å². The lowest BCUT2D eigenvalue weighted by molar-refractivity contribution is 0.0690. The van der Waals surface area contributed by atoms with Crippen molar-refractivity contribution in [3.8, 4) is 11.1 Å². The first-order chi connectivity index (χ1) is 8.66. The van der Waals surface area contributed by atoms with Crippen LogP contribution in [0.25, 0.3) is 11.1 Å². The number of aromatic nitrogens is 2. The standard InChI is InChI=1S/C14H12N2O2/c1-8-15-11-7-6-9-4-2-3-5-10(9)12(11)13(16-8)14(17)18/h2-5H,6-7H2,1H3,(H,17,18). The molecule has 4 nitrogen and oxygen atoms in total. The minimum atomic E-state index is -0.992. The number of aromatic carboxylic acids is 1. The van der Waals surface area contributed by atoms with Crippen LogP contribution in [0.4, 0.5) is 0 Å². The number of hydrogen-bond acceptors (Lipinski definition) is 3. The average Bonchev–Trinajstić information content (AvgIpc) is 2.37. The van der Waals surface area contributed by atoms with Crippen molar-refractivity contribution in [3.63, 3.8) is 0 Å². The fourth-order valence-corrected chi connectivity index (χ4v) is 2.48. The van der Waals surface area contributed by atoms with Gasteiger partial charge in [0.15, 0.2) is 5.69 Å². The molecule has 1 heterocycles. The minimum Gasteiger partial charge on any atom is -0.476 e. The van der Waals surface area contributed by atoms with Crippen LogP contribution in [0.2, 0.25) is 0 Å². The predicted molar refractivity (Wildman–Crippen MR) is 66.6 cm³/mol. The Morgan fingerprint density at radius 2 is 2.00 bits per heavy atom. The summed E-state index contributed by atoms with van der Waals surface area (Å²) in [5.41, 5.74) is 3.77. The van der Waals surface area contributed by atoms with E-state index < -0.39 is 5.97 Å². The summed E-state index contributed by atoms with van der Waals surface area (Å²) in [5.74, 6) is -0.473. The van der Waals surface area contributed by atoms with Gasteiger partial charge in [0, 0.05) is 5.56 Å². The number of rotatable bonds is 1. The maximum absolute atomic E-state index is 11.3. The highest BCUT2D eigenvalue weighted by Crippen LogP contribution is 2.34. The lowest BCUT2D eigenvalue weighted by atomic mass is 9.87. The molecule has 0 unspecified atom stereocenters. The van der Waals surface area contributed by atoms with Crippen molar-refractivity contribution in [2.45, 2.75) is 19.8 Å². The van der Waals surface area contributed by atoms with Gasteiger partial charge in [-0.2, -0.15) is 0 Å². The smallest absolute Gasteiger partial charge is 0.355 e. The normalized spacial score (nSPS) is 12.7. The molecule has 0 bridgehead atoms. The Kier molecular flexibility index (Phi) is 2.37. The summed E-state index contributed by atoms with van der Waals surface area (Å²) in [4.78, 5) is 19.8. The van der Waals surface area contributed by atoms with Crippen LogP contribution in [0.1, 0.15) is 27.6 Å². The molecular formula is C14H12N2O2. The van der Waals surface area contributed by atoms with E-state index in [0.717, 1.165) is 24.1 Å². The maximum Gasteiger partial charge on any atom is 0.355 e. The molecule has 90 valence electrons. The van der Waals surface area contributed by atoms with Gasteiger partial charge in [0.2, 0.25) is 0 Å². The van der Waals surface area contributed by atoms with Crippen molar-refractivity contribution < 1.29 is 9.90 Å². The molecule has 0 amide bonds. The van der Waals surface area contributed by atoms with Gasteiger partial charge < -0.3 is 5.11 Å². The molecule has 4 heteroatoms. The van der Waals surface area contributed by atoms with E-state index in [-0.39, 0.29) is 5.69 Å². The van der Waals surface area contributed by atoms with Gasteiger partial charge in [-0.05, 0) is 30.9 Å². The monoisotopic (exact) mass is 240 g/mol. The Morgan fingerprint density at radius 1 is 1.22 bits per heavy atom. The van der Waals surface area contributed by atoms with Crippen molar-refractivity contribution in [1.29, 1.82) is 0 Å². The van der Waals surface area contributed by atoms with Gasteiger partial charge in [-0.1, -0.05) is 24.3 Å². The minimum absolute atomic E-state index is 0.115. The molecule has 3 rings (SSSR count). The zero-order valence-electron chi connectivity index (χ0n) is 9.97. The molecule has 0 saturated heterocycles. The van der Waals surface area contributed by atoms with E-state index in [1.165, 1.54) is 5.56 Å². The summed E-state index contributed by atoms with van der Waals surface area (Å²) >= 11 is 0. The Bertz CT molecular complexity index is 650. The number of fused-ring (bicyclic) bond motifs is 3. The second-order valence-corrected chi connectivity index (χ2v) is 4.40. The van der Waals surface area contributed by atoms with Crippen LogP contribution in [0.5, 0.6) is 0 Å². The summed E-state index contributed by atoms with van der Waals surface area (Å²) in [5, 5.41) is 9.30. The largest absolute Gasteiger partial charge is 0.476 e. The van der Waals surface area contributed by atoms with Crippen molar-refractivity contribution in [2.75, 3.05) is 0 Å². The Balaban J connectivity index is 2.35. The number of nitrogens with zero attached hydrogens (tertiary/aromatic N) is 2. The number of carboxylic acids is 1. The number of aryl methyl sites for hydroxylation is 3. The molecule has 18 heavy (non-hydrogen) atoms. The molecule has 0 spiro atoms. The topological polar surface area (TPSA) is 63.1 Å². The fraction of sp³-hybridized carbons (Fsp3) is 0.214. The highest BCUT2D eigenvalue weighted by Gasteiger charge is 2.24. The highest BCUT2D eigenvalue weighted by atomic mass is 16.4. The van der Waals surface area contributed by atoms with Crippen LogP contribution >= 0.6 is 0 Å². The Hall–Kier alpha value is -2.23. The van der Waals surface area contributed by atoms with E-state index in [9.17, 15) is 9.90 Å². The van der Waals surface area contributed by atoms with Crippen LogP contribution in [0.3, 0.4) is 0 Å². The second kappa shape index (κ2) is 3.91. The van der Waals surface area contributed by atoms with Crippen LogP contribution in [0.15, 0.2) is 24.3 Å². The van der Waals surface area contributed by atoms with E-state index in [2.05, 4.69) is 9.97 Å². The summed E-state index contributed by atoms with van der Waals surface area (Å²) < 4.78 is 0. The molecule has 0 fully saturated rings. The predicted octanol–water partition coefficient (Wildman–Crippen LogP) is 2.25. The van der Waals surface area contributed by atoms with Crippen molar-refractivity contribution in [3.05, 3.63) is 47.0 Å². The molecule has 1 aromatic heterocycles. The Morgan fingerprint density at radius 3 is 2.78 bits per heavy atom. The third-order valence-electron chi connectivity index (χ3n) is 3.22. The first-order valence-electron chi connectivity index (χ1n) is 5.86. The molecule has 0 aliphatic heterocycles. The van der Waals surface area contributed by atoms with E-state index in [1.807, 2.05) is 24.3 Å². The lowest BCUT2D eigenvalue weighted by Crippen LogP contribution is -2.14. The summed E-state index contributed by atoms with van der Waals surface area (Å²) in [6.45, 7) is 1.73. The number of carboxylic acid groups (broad SMARTS) is 1. The summed E-state index contributed by atoms with van der Waals surface area (Å²) in [6.07, 6.45) is 1.68. The molecule has 1 aliphatic rings. The van der Waals surface area contributed by atoms with E-state index in [0.29, 0.717) is 11.4 Å². The van der Waals surface area contributed by atoms with Crippen molar-refractivity contribution >= 4 is 5.97 Å². The number of benzene rings is 1. The van der Waals surface area contributed by atoms with Gasteiger partial charge in [0.05, 0.1) is 5.69 Å². The van der Waals surface area contributed by atoms with Gasteiger partial charge in [0.1, 0.15) is 5.82 Å². The molecule has 1 N–H and O–H groups in total. The zero-order chi connectivity index (χ0) is 12.7. The van der Waals surface area contributed by atoms with Gasteiger partial charge >= 0.3 is 5.97 Å².